The van der Waals surface area contributed by atoms with Gasteiger partial charge < -0.3 is 9.64 Å². The fourth-order valence-electron chi connectivity index (χ4n) is 7.72. The van der Waals surface area contributed by atoms with Crippen LogP contribution in [0.15, 0.2) is 104 Å². The number of anilines is 1. The van der Waals surface area contributed by atoms with Crippen LogP contribution in [0.4, 0.5) is 11.4 Å². The number of rotatable bonds is 24. The fourth-order valence-corrected chi connectivity index (χ4v) is 11.4. The Morgan fingerprint density at radius 1 is 0.592 bits per heavy atom. The number of hydrogen-bond acceptors (Lipinski definition) is 15. The van der Waals surface area contributed by atoms with E-state index >= 15 is 0 Å². The highest BCUT2D eigenvalue weighted by Crippen LogP contribution is 2.37. The first-order valence-corrected chi connectivity index (χ1v) is 30.1. The van der Waals surface area contributed by atoms with Crippen LogP contribution < -0.4 is 4.90 Å². The van der Waals surface area contributed by atoms with Gasteiger partial charge in [-0.05, 0) is 98.8 Å². The number of methoxy groups -OCH3 is 1. The quantitative estimate of drug-likeness (QED) is 0.0119. The highest BCUT2D eigenvalue weighted by atomic mass is 32.2. The van der Waals surface area contributed by atoms with Crippen molar-refractivity contribution in [1.29, 1.82) is 0 Å². The average molecular weight is 1110 g/mol. The number of carbonyl (C=O) groups excluding carboxylic acids is 1. The Bertz CT molecular complexity index is 3550. The smallest absolute Gasteiger partial charge is 0.305 e. The molecular formula is C43H53N2O20S6+. The minimum absolute atomic E-state index is 0.0360. The molecule has 0 aliphatic rings. The molecule has 0 saturated heterocycles. The van der Waals surface area contributed by atoms with Gasteiger partial charge in [0.1, 0.15) is 16.3 Å². The van der Waals surface area contributed by atoms with Gasteiger partial charge in [0, 0.05) is 65.7 Å². The van der Waals surface area contributed by atoms with Gasteiger partial charge in [0.25, 0.3) is 60.7 Å². The van der Waals surface area contributed by atoms with E-state index in [-0.39, 0.29) is 70.7 Å². The number of nitrogens with zero attached hydrogens (tertiary/aromatic N) is 2. The molecular weight excluding hydrogens is 1060 g/mol. The normalized spacial score (nSPS) is 13.9. The maximum atomic E-state index is 12.4. The summed E-state index contributed by atoms with van der Waals surface area (Å²) in [6.07, 6.45) is 8.95. The maximum Gasteiger partial charge on any atom is 0.305 e. The molecule has 0 unspecified atom stereocenters. The van der Waals surface area contributed by atoms with Crippen LogP contribution in [0.1, 0.15) is 63.0 Å². The molecule has 4 rings (SSSR count). The summed E-state index contributed by atoms with van der Waals surface area (Å²) < 4.78 is 211. The molecule has 28 heteroatoms. The predicted octanol–water partition coefficient (Wildman–Crippen LogP) is 5.88. The molecule has 0 spiro atoms. The number of unbranched alkanes of at least 4 members (excludes halogenated alkanes) is 2. The Balaban J connectivity index is 1.91. The molecule has 0 amide bonds. The summed E-state index contributed by atoms with van der Waals surface area (Å²) in [5, 5.41) is -0.206. The first kappa shape index (κ1) is 58.6. The first-order valence-electron chi connectivity index (χ1n) is 21.1. The molecule has 0 aliphatic carbocycles. The van der Waals surface area contributed by atoms with E-state index in [4.69, 9.17) is 4.74 Å². The van der Waals surface area contributed by atoms with Crippen LogP contribution in [0.2, 0.25) is 0 Å². The molecule has 0 aliphatic heterocycles. The molecule has 0 aromatic heterocycles. The number of carbonyl (C=O) groups is 1. The van der Waals surface area contributed by atoms with Crippen molar-refractivity contribution >= 4 is 105 Å². The number of fused-ring (bicyclic) bond motifs is 2. The fraction of sp³-hybridized carbons (Fsp3) is 0.349. The highest BCUT2D eigenvalue weighted by molar-refractivity contribution is 7.87. The van der Waals surface area contributed by atoms with E-state index in [0.717, 1.165) is 12.1 Å². The van der Waals surface area contributed by atoms with Crippen molar-refractivity contribution < 1.29 is 91.9 Å². The number of allylic oxidation sites excluding steroid dienone is 6. The highest BCUT2D eigenvalue weighted by Gasteiger charge is 2.27. The van der Waals surface area contributed by atoms with Crippen molar-refractivity contribution in [3.63, 3.8) is 0 Å². The zero-order valence-electron chi connectivity index (χ0n) is 38.5. The number of hydrogen-bond donors (Lipinski definition) is 6. The standard InChI is InChI=1S/C43H52N2O20S6/c1-29(44(21-10-6-9-16-43(46)65-4)39-19-17-35-37(30(39)2)25-33(68(53,54)55)27-41(35)70(59,60)61)13-7-5-8-14-32(15-11-23-66(47,48)49)45(22-12-24-67(50,51)52)40-20-18-36-38(31(40)3)26-34(69(56,57)58)28-42(36)71(62,63)64/h5,7-8,13-14,17-20,25-28H,6,9-12,15-16,21-24H2,1-4H3,(H5-,47,48,49,50,51,52,53,54,55,56,57,58,59,60,61,62,63,64)/p+1. The molecule has 71 heavy (non-hydrogen) atoms. The largest absolute Gasteiger partial charge is 0.469 e. The van der Waals surface area contributed by atoms with Crippen LogP contribution in [-0.4, -0.2) is 126 Å². The van der Waals surface area contributed by atoms with Crippen LogP contribution in [0.25, 0.3) is 21.5 Å². The Kier molecular flexibility index (Phi) is 19.2. The van der Waals surface area contributed by atoms with Gasteiger partial charge >= 0.3 is 5.97 Å². The number of aryl methyl sites for hydroxylation is 2. The van der Waals surface area contributed by atoms with Crippen molar-refractivity contribution in [3.8, 4) is 0 Å². The van der Waals surface area contributed by atoms with E-state index in [2.05, 4.69) is 0 Å². The van der Waals surface area contributed by atoms with Crippen molar-refractivity contribution in [2.45, 2.75) is 85.3 Å². The van der Waals surface area contributed by atoms with Gasteiger partial charge in [0.15, 0.2) is 5.71 Å². The van der Waals surface area contributed by atoms with Crippen LogP contribution in [0.5, 0.6) is 0 Å². The number of benzene rings is 4. The van der Waals surface area contributed by atoms with Crippen molar-refractivity contribution in [1.82, 2.24) is 0 Å². The minimum Gasteiger partial charge on any atom is -0.469 e. The first-order chi connectivity index (χ1) is 32.6. The van der Waals surface area contributed by atoms with Crippen LogP contribution >= 0.6 is 0 Å². The van der Waals surface area contributed by atoms with Crippen LogP contribution in [-0.2, 0) is 70.2 Å². The van der Waals surface area contributed by atoms with E-state index in [1.165, 1.54) is 49.0 Å². The SMILES string of the molecule is COC(=O)CCCCCN(/C(C)=C/C=C/C=C/C(CCCS(=O)(=O)O)=[N+](\CCCS(=O)(=O)O)c1ccc2c(S(=O)(=O)O)cc(S(=O)(=O)O)cc2c1C)c1ccc2c(S(=O)(=O)O)cc(S(=O)(=O)O)cc2c1C. The summed E-state index contributed by atoms with van der Waals surface area (Å²) in [6.45, 7) is 4.83. The Hall–Kier alpha value is -4.98. The summed E-state index contributed by atoms with van der Waals surface area (Å²) >= 11 is 0. The molecule has 0 heterocycles. The summed E-state index contributed by atoms with van der Waals surface area (Å²) in [7, 11) is -27.8. The molecule has 6 N–H and O–H groups in total. The monoisotopic (exact) mass is 1110 g/mol. The van der Waals surface area contributed by atoms with E-state index in [1.807, 2.05) is 4.90 Å². The molecule has 0 radical (unpaired) electrons. The summed E-state index contributed by atoms with van der Waals surface area (Å²) in [5.74, 6) is -1.86. The van der Waals surface area contributed by atoms with Gasteiger partial charge in [-0.3, -0.25) is 32.1 Å². The van der Waals surface area contributed by atoms with Gasteiger partial charge in [0.05, 0.1) is 28.4 Å². The molecule has 0 fully saturated rings. The average Bonchev–Trinajstić information content (AvgIpc) is 3.23. The Morgan fingerprint density at radius 2 is 1.11 bits per heavy atom. The molecule has 0 atom stereocenters. The lowest BCUT2D eigenvalue weighted by Crippen LogP contribution is -2.23. The molecule has 0 bridgehead atoms. The van der Waals surface area contributed by atoms with Crippen molar-refractivity contribution in [3.05, 3.63) is 95.7 Å². The zero-order valence-corrected chi connectivity index (χ0v) is 43.4. The Labute approximate surface area is 412 Å². The van der Waals surface area contributed by atoms with E-state index in [9.17, 15) is 82.6 Å². The van der Waals surface area contributed by atoms with Crippen molar-refractivity contribution in [2.24, 2.45) is 0 Å². The lowest BCUT2D eigenvalue weighted by molar-refractivity contribution is -0.441. The third-order valence-corrected chi connectivity index (χ3v) is 16.1. The summed E-state index contributed by atoms with van der Waals surface area (Å²) in [5.41, 5.74) is 1.99. The van der Waals surface area contributed by atoms with Gasteiger partial charge in [0.2, 0.25) is 5.69 Å². The summed E-state index contributed by atoms with van der Waals surface area (Å²) in [4.78, 5) is 10.3. The molecule has 390 valence electrons. The lowest BCUT2D eigenvalue weighted by atomic mass is 10.0. The predicted molar refractivity (Wildman–Crippen MR) is 263 cm³/mol. The maximum absolute atomic E-state index is 12.4. The van der Waals surface area contributed by atoms with E-state index in [0.29, 0.717) is 54.9 Å². The second-order valence-electron chi connectivity index (χ2n) is 16.1. The van der Waals surface area contributed by atoms with Crippen molar-refractivity contribution in [2.75, 3.05) is 36.6 Å². The second-order valence-corrected chi connectivity index (χ2v) is 24.9. The lowest BCUT2D eigenvalue weighted by Gasteiger charge is -2.28. The molecule has 22 nitrogen and oxygen atoms in total. The zero-order chi connectivity index (χ0) is 53.5. The van der Waals surface area contributed by atoms with Crippen LogP contribution in [0, 0.1) is 13.8 Å². The van der Waals surface area contributed by atoms with Gasteiger partial charge in [-0.25, -0.2) is 0 Å². The second kappa shape index (κ2) is 23.3. The van der Waals surface area contributed by atoms with Crippen LogP contribution in [0.3, 0.4) is 0 Å². The third-order valence-electron chi connectivity index (χ3n) is 11.1. The topological polar surface area (TPSA) is 359 Å². The minimum atomic E-state index is -5.08. The van der Waals surface area contributed by atoms with Gasteiger partial charge in [-0.2, -0.15) is 55.1 Å². The van der Waals surface area contributed by atoms with E-state index < -0.39 is 97.8 Å². The third kappa shape index (κ3) is 16.5. The molecule has 4 aromatic carbocycles. The number of ether oxygens (including phenoxy) is 1. The van der Waals surface area contributed by atoms with E-state index in [1.54, 1.807) is 38.1 Å². The summed E-state index contributed by atoms with van der Waals surface area (Å²) in [6, 6.07) is 8.74. The Morgan fingerprint density at radius 3 is 1.62 bits per heavy atom. The van der Waals surface area contributed by atoms with Gasteiger partial charge in [-0.1, -0.05) is 30.7 Å². The molecule has 4 aromatic rings. The van der Waals surface area contributed by atoms with Gasteiger partial charge in [-0.15, -0.1) is 0 Å². The number of esters is 1. The molecule has 0 saturated carbocycles.